The van der Waals surface area contributed by atoms with E-state index in [9.17, 15) is 8.42 Å². The Kier molecular flexibility index (Phi) is 4.76. The van der Waals surface area contributed by atoms with Crippen molar-refractivity contribution in [2.45, 2.75) is 24.3 Å². The molecule has 0 saturated heterocycles. The summed E-state index contributed by atoms with van der Waals surface area (Å²) >= 11 is 5.75. The Morgan fingerprint density at radius 1 is 1.38 bits per heavy atom. The first-order valence-electron chi connectivity index (χ1n) is 6.11. The van der Waals surface area contributed by atoms with E-state index in [-0.39, 0.29) is 10.8 Å². The van der Waals surface area contributed by atoms with Gasteiger partial charge in [0, 0.05) is 11.9 Å². The number of benzene rings is 1. The number of hydrogen-bond acceptors (Lipinski definition) is 5. The van der Waals surface area contributed by atoms with E-state index in [2.05, 4.69) is 21.5 Å². The lowest BCUT2D eigenvalue weighted by Gasteiger charge is -2.13. The predicted molar refractivity (Wildman–Crippen MR) is 78.4 cm³/mol. The van der Waals surface area contributed by atoms with E-state index < -0.39 is 16.1 Å². The molecule has 0 aliphatic carbocycles. The highest BCUT2D eigenvalue weighted by Gasteiger charge is 2.24. The molecule has 21 heavy (non-hydrogen) atoms. The van der Waals surface area contributed by atoms with Gasteiger partial charge in [0.25, 0.3) is 0 Å². The molecule has 0 bridgehead atoms. The average molecular weight is 328 g/mol. The maximum absolute atomic E-state index is 12.3. The summed E-state index contributed by atoms with van der Waals surface area (Å²) in [4.78, 5) is 0.109. The normalized spacial score (nSPS) is 13.0. The second-order valence-electron chi connectivity index (χ2n) is 4.31. The van der Waals surface area contributed by atoms with Crippen molar-refractivity contribution >= 4 is 21.6 Å². The Bertz CT molecular complexity index is 725. The lowest BCUT2D eigenvalue weighted by molar-refractivity contribution is 0.414. The monoisotopic (exact) mass is 327 g/mol. The van der Waals surface area contributed by atoms with Crippen LogP contribution in [0.1, 0.15) is 24.2 Å². The maximum Gasteiger partial charge on any atom is 0.241 e. The van der Waals surface area contributed by atoms with Crippen molar-refractivity contribution in [1.82, 2.24) is 14.9 Å². The maximum atomic E-state index is 12.3. The first-order chi connectivity index (χ1) is 9.92. The van der Waals surface area contributed by atoms with Crippen LogP contribution in [0.15, 0.2) is 46.2 Å². The molecule has 6 nitrogen and oxygen atoms in total. The van der Waals surface area contributed by atoms with Crippen LogP contribution in [0.3, 0.4) is 0 Å². The number of sulfonamides is 1. The second-order valence-corrected chi connectivity index (χ2v) is 6.46. The Hall–Kier alpha value is -1.70. The Balaban J connectivity index is 2.27. The fourth-order valence-electron chi connectivity index (χ4n) is 1.69. The molecule has 1 aromatic carbocycles. The van der Waals surface area contributed by atoms with E-state index in [1.54, 1.807) is 13.0 Å². The van der Waals surface area contributed by atoms with Crippen LogP contribution < -0.4 is 4.72 Å². The average Bonchev–Trinajstić information content (AvgIpc) is 2.85. The van der Waals surface area contributed by atoms with Crippen molar-refractivity contribution in [3.05, 3.63) is 53.7 Å². The number of nitrogens with one attached hydrogen (secondary N) is 1. The number of aromatic nitrogens is 2. The minimum absolute atomic E-state index is 0.109. The van der Waals surface area contributed by atoms with Crippen LogP contribution in [0.4, 0.5) is 0 Å². The molecule has 0 saturated carbocycles. The van der Waals surface area contributed by atoms with Crippen molar-refractivity contribution < 1.29 is 12.8 Å². The Morgan fingerprint density at radius 2 is 2.05 bits per heavy atom. The van der Waals surface area contributed by atoms with E-state index >= 15 is 0 Å². The van der Waals surface area contributed by atoms with E-state index in [0.717, 1.165) is 0 Å². The Morgan fingerprint density at radius 3 is 2.57 bits per heavy atom. The zero-order valence-electron chi connectivity index (χ0n) is 11.3. The lowest BCUT2D eigenvalue weighted by atomic mass is 10.2. The molecular formula is C13H14ClN3O3S. The summed E-state index contributed by atoms with van der Waals surface area (Å²) in [5, 5.41) is 8.01. The van der Waals surface area contributed by atoms with Gasteiger partial charge in [0.2, 0.25) is 21.8 Å². The van der Waals surface area contributed by atoms with Gasteiger partial charge in [0.15, 0.2) is 0 Å². The van der Waals surface area contributed by atoms with Gasteiger partial charge in [-0.15, -0.1) is 16.8 Å². The van der Waals surface area contributed by atoms with Crippen molar-refractivity contribution in [3.63, 3.8) is 0 Å². The van der Waals surface area contributed by atoms with Crippen molar-refractivity contribution in [2.75, 3.05) is 0 Å². The van der Waals surface area contributed by atoms with Crippen LogP contribution in [0.25, 0.3) is 0 Å². The topological polar surface area (TPSA) is 85.1 Å². The highest BCUT2D eigenvalue weighted by atomic mass is 35.5. The lowest BCUT2D eigenvalue weighted by Crippen LogP contribution is -2.28. The van der Waals surface area contributed by atoms with Crippen LogP contribution in [-0.4, -0.2) is 18.6 Å². The van der Waals surface area contributed by atoms with Gasteiger partial charge in [-0.05, 0) is 30.7 Å². The summed E-state index contributed by atoms with van der Waals surface area (Å²) in [6.07, 6.45) is 1.91. The van der Waals surface area contributed by atoms with Gasteiger partial charge in [-0.2, -0.15) is 4.72 Å². The van der Waals surface area contributed by atoms with Gasteiger partial charge in [-0.25, -0.2) is 8.42 Å². The van der Waals surface area contributed by atoms with Crippen LogP contribution in [0.5, 0.6) is 0 Å². The summed E-state index contributed by atoms with van der Waals surface area (Å²) in [6, 6.07) is 5.21. The van der Waals surface area contributed by atoms with E-state index in [1.165, 1.54) is 24.3 Å². The zero-order chi connectivity index (χ0) is 15.5. The quantitative estimate of drug-likeness (QED) is 0.824. The van der Waals surface area contributed by atoms with Gasteiger partial charge in [0.05, 0.1) is 4.90 Å². The van der Waals surface area contributed by atoms with Gasteiger partial charge >= 0.3 is 0 Å². The fourth-order valence-corrected chi connectivity index (χ4v) is 3.02. The van der Waals surface area contributed by atoms with Crippen molar-refractivity contribution in [2.24, 2.45) is 0 Å². The summed E-state index contributed by atoms with van der Waals surface area (Å²) in [5.74, 6) is 0.565. The molecular weight excluding hydrogens is 314 g/mol. The van der Waals surface area contributed by atoms with Crippen LogP contribution in [0, 0.1) is 6.92 Å². The predicted octanol–water partition coefficient (Wildman–Crippen LogP) is 2.63. The first kappa shape index (κ1) is 15.7. The Labute approximate surface area is 127 Å². The third-order valence-electron chi connectivity index (χ3n) is 2.66. The molecule has 0 amide bonds. The molecule has 8 heteroatoms. The number of aryl methyl sites for hydroxylation is 1. The van der Waals surface area contributed by atoms with Gasteiger partial charge in [-0.1, -0.05) is 17.7 Å². The van der Waals surface area contributed by atoms with E-state index in [0.29, 0.717) is 17.3 Å². The first-order valence-corrected chi connectivity index (χ1v) is 7.97. The van der Waals surface area contributed by atoms with Gasteiger partial charge in [-0.3, -0.25) is 0 Å². The van der Waals surface area contributed by atoms with Gasteiger partial charge in [0.1, 0.15) is 6.04 Å². The largest absolute Gasteiger partial charge is 0.424 e. The smallest absolute Gasteiger partial charge is 0.241 e. The number of halogens is 1. The third-order valence-corrected chi connectivity index (χ3v) is 4.40. The standard InChI is InChI=1S/C13H14ClN3O3S/c1-3-4-12(13-16-15-9(2)20-13)17-21(18,19)11-7-5-10(14)6-8-11/h3,5-8,12,17H,1,4H2,2H3. The molecule has 0 fully saturated rings. The number of nitrogens with zero attached hydrogens (tertiary/aromatic N) is 2. The highest BCUT2D eigenvalue weighted by Crippen LogP contribution is 2.20. The molecule has 1 heterocycles. The molecule has 1 unspecified atom stereocenters. The molecule has 2 rings (SSSR count). The fraction of sp³-hybridized carbons (Fsp3) is 0.231. The van der Waals surface area contributed by atoms with Crippen LogP contribution >= 0.6 is 11.6 Å². The molecule has 1 N–H and O–H groups in total. The van der Waals surface area contributed by atoms with Crippen molar-refractivity contribution in [3.8, 4) is 0 Å². The molecule has 0 aliphatic rings. The number of hydrogen-bond donors (Lipinski definition) is 1. The minimum atomic E-state index is -3.72. The summed E-state index contributed by atoms with van der Waals surface area (Å²) in [7, 11) is -3.72. The third kappa shape index (κ3) is 3.90. The number of rotatable bonds is 6. The molecule has 0 spiro atoms. The minimum Gasteiger partial charge on any atom is -0.424 e. The van der Waals surface area contributed by atoms with Crippen LogP contribution in [-0.2, 0) is 10.0 Å². The van der Waals surface area contributed by atoms with Crippen LogP contribution in [0.2, 0.25) is 5.02 Å². The molecule has 2 aromatic rings. The molecule has 112 valence electrons. The van der Waals surface area contributed by atoms with E-state index in [4.69, 9.17) is 16.0 Å². The SMILES string of the molecule is C=CCC(NS(=O)(=O)c1ccc(Cl)cc1)c1nnc(C)o1. The zero-order valence-corrected chi connectivity index (χ0v) is 12.9. The molecule has 1 atom stereocenters. The van der Waals surface area contributed by atoms with E-state index in [1.807, 2.05) is 0 Å². The molecule has 0 aliphatic heterocycles. The summed E-state index contributed by atoms with van der Waals surface area (Å²) in [6.45, 7) is 5.24. The molecule has 0 radical (unpaired) electrons. The highest BCUT2D eigenvalue weighted by molar-refractivity contribution is 7.89. The second kappa shape index (κ2) is 6.38. The summed E-state index contributed by atoms with van der Waals surface area (Å²) in [5.41, 5.74) is 0. The summed E-state index contributed by atoms with van der Waals surface area (Å²) < 4.78 is 32.5. The molecule has 1 aromatic heterocycles. The van der Waals surface area contributed by atoms with Gasteiger partial charge < -0.3 is 4.42 Å². The van der Waals surface area contributed by atoms with Crippen molar-refractivity contribution in [1.29, 1.82) is 0 Å².